The van der Waals surface area contributed by atoms with Gasteiger partial charge in [0.05, 0.1) is 12.1 Å². The van der Waals surface area contributed by atoms with Crippen LogP contribution in [-0.2, 0) is 14.3 Å². The fourth-order valence-corrected chi connectivity index (χ4v) is 4.88. The summed E-state index contributed by atoms with van der Waals surface area (Å²) in [5.41, 5.74) is 0. The maximum atomic E-state index is 13.0. The van der Waals surface area contributed by atoms with E-state index in [0.29, 0.717) is 24.3 Å². The number of nitrogens with one attached hydrogen (secondary N) is 1. The first-order chi connectivity index (χ1) is 12.7. The summed E-state index contributed by atoms with van der Waals surface area (Å²) in [6, 6.07) is -0.0305. The van der Waals surface area contributed by atoms with Crippen LogP contribution < -0.4 is 5.32 Å². The number of carbonyl (C=O) groups excluding carboxylic acids is 2. The zero-order valence-electron chi connectivity index (χ0n) is 15.8. The van der Waals surface area contributed by atoms with Crippen LogP contribution in [0.25, 0.3) is 0 Å². The second-order valence-corrected chi connectivity index (χ2v) is 8.51. The predicted octanol–water partition coefficient (Wildman–Crippen LogP) is 1.39. The lowest BCUT2D eigenvalue weighted by Crippen LogP contribution is -2.58. The SMILES string of the molecule is O=C(NC[C@@H]1CCCO1)[C@H](C1CCCC1)N1CCN(C(=O)C2CC2)CC1. The van der Waals surface area contributed by atoms with E-state index in [-0.39, 0.29) is 18.1 Å². The van der Waals surface area contributed by atoms with Crippen molar-refractivity contribution >= 4 is 11.8 Å². The number of hydrogen-bond donors (Lipinski definition) is 1. The average molecular weight is 364 g/mol. The summed E-state index contributed by atoms with van der Waals surface area (Å²) < 4.78 is 5.65. The maximum absolute atomic E-state index is 13.0. The molecule has 0 radical (unpaired) electrons. The lowest BCUT2D eigenvalue weighted by molar-refractivity contribution is -0.136. The Labute approximate surface area is 156 Å². The number of ether oxygens (including phenoxy) is 1. The molecule has 2 aliphatic carbocycles. The van der Waals surface area contributed by atoms with Gasteiger partial charge in [-0.1, -0.05) is 12.8 Å². The summed E-state index contributed by atoms with van der Waals surface area (Å²) in [5.74, 6) is 1.27. The van der Waals surface area contributed by atoms with Crippen molar-refractivity contribution in [3.05, 3.63) is 0 Å². The van der Waals surface area contributed by atoms with E-state index in [1.54, 1.807) is 0 Å². The predicted molar refractivity (Wildman–Crippen MR) is 98.6 cm³/mol. The molecule has 4 rings (SSSR count). The molecule has 0 unspecified atom stereocenters. The minimum Gasteiger partial charge on any atom is -0.376 e. The normalized spacial score (nSPS) is 29.1. The first kappa shape index (κ1) is 18.2. The summed E-state index contributed by atoms with van der Waals surface area (Å²) in [5, 5.41) is 3.17. The van der Waals surface area contributed by atoms with Gasteiger partial charge in [-0.15, -0.1) is 0 Å². The van der Waals surface area contributed by atoms with Gasteiger partial charge in [-0.05, 0) is 44.4 Å². The molecule has 2 saturated carbocycles. The molecule has 4 fully saturated rings. The Hall–Kier alpha value is -1.14. The van der Waals surface area contributed by atoms with Gasteiger partial charge in [0.25, 0.3) is 0 Å². The molecule has 0 bridgehead atoms. The van der Waals surface area contributed by atoms with Gasteiger partial charge >= 0.3 is 0 Å². The molecule has 2 aliphatic heterocycles. The smallest absolute Gasteiger partial charge is 0.237 e. The van der Waals surface area contributed by atoms with E-state index >= 15 is 0 Å². The van der Waals surface area contributed by atoms with Gasteiger partial charge in [0.1, 0.15) is 0 Å². The molecule has 6 heteroatoms. The van der Waals surface area contributed by atoms with Crippen LogP contribution in [0.5, 0.6) is 0 Å². The van der Waals surface area contributed by atoms with Crippen LogP contribution in [-0.4, -0.2) is 73.1 Å². The van der Waals surface area contributed by atoms with Gasteiger partial charge in [-0.25, -0.2) is 0 Å². The summed E-state index contributed by atoms with van der Waals surface area (Å²) in [6.07, 6.45) is 9.25. The van der Waals surface area contributed by atoms with Crippen molar-refractivity contribution in [3.63, 3.8) is 0 Å². The highest BCUT2D eigenvalue weighted by Crippen LogP contribution is 2.33. The molecule has 2 saturated heterocycles. The Balaban J connectivity index is 1.33. The minimum absolute atomic E-state index is 0.0305. The Morgan fingerprint density at radius 3 is 2.31 bits per heavy atom. The standard InChI is InChI=1S/C20H33N3O3/c24-19(21-14-17-6-3-13-26-17)18(15-4-1-2-5-15)22-9-11-23(12-10-22)20(25)16-7-8-16/h15-18H,1-14H2,(H,21,24)/t17-,18-/m0/s1. The largest absolute Gasteiger partial charge is 0.376 e. The highest BCUT2D eigenvalue weighted by Gasteiger charge is 2.39. The van der Waals surface area contributed by atoms with E-state index < -0.39 is 0 Å². The Morgan fingerprint density at radius 1 is 0.962 bits per heavy atom. The molecule has 0 aromatic heterocycles. The van der Waals surface area contributed by atoms with Crippen LogP contribution in [0.4, 0.5) is 0 Å². The number of piperazine rings is 1. The van der Waals surface area contributed by atoms with Crippen molar-refractivity contribution in [1.82, 2.24) is 15.1 Å². The molecule has 2 heterocycles. The van der Waals surface area contributed by atoms with Crippen LogP contribution in [0.2, 0.25) is 0 Å². The van der Waals surface area contributed by atoms with E-state index in [9.17, 15) is 9.59 Å². The van der Waals surface area contributed by atoms with Gasteiger partial charge in [0.15, 0.2) is 0 Å². The highest BCUT2D eigenvalue weighted by atomic mass is 16.5. The second-order valence-electron chi connectivity index (χ2n) is 8.51. The quantitative estimate of drug-likeness (QED) is 0.775. The zero-order chi connectivity index (χ0) is 17.9. The first-order valence-corrected chi connectivity index (χ1v) is 10.6. The first-order valence-electron chi connectivity index (χ1n) is 10.6. The van der Waals surface area contributed by atoms with E-state index in [1.165, 1.54) is 12.8 Å². The monoisotopic (exact) mass is 363 g/mol. The van der Waals surface area contributed by atoms with Crippen molar-refractivity contribution in [3.8, 4) is 0 Å². The van der Waals surface area contributed by atoms with Crippen LogP contribution in [0.1, 0.15) is 51.4 Å². The Kier molecular flexibility index (Phi) is 5.79. The number of carbonyl (C=O) groups is 2. The fourth-order valence-electron chi connectivity index (χ4n) is 4.88. The lowest BCUT2D eigenvalue weighted by Gasteiger charge is -2.41. The van der Waals surface area contributed by atoms with E-state index in [4.69, 9.17) is 4.74 Å². The molecular weight excluding hydrogens is 330 g/mol. The number of hydrogen-bond acceptors (Lipinski definition) is 4. The van der Waals surface area contributed by atoms with Crippen molar-refractivity contribution in [2.45, 2.75) is 63.5 Å². The molecule has 4 aliphatic rings. The van der Waals surface area contributed by atoms with Crippen LogP contribution in [0.3, 0.4) is 0 Å². The fraction of sp³-hybridized carbons (Fsp3) is 0.900. The maximum Gasteiger partial charge on any atom is 0.237 e. The topological polar surface area (TPSA) is 61.9 Å². The molecule has 1 N–H and O–H groups in total. The third-order valence-corrected chi connectivity index (χ3v) is 6.59. The third kappa shape index (κ3) is 4.22. The number of amides is 2. The molecule has 6 nitrogen and oxygen atoms in total. The van der Waals surface area contributed by atoms with Gasteiger partial charge in [0.2, 0.25) is 11.8 Å². The molecule has 2 atom stereocenters. The summed E-state index contributed by atoms with van der Waals surface area (Å²) in [6.45, 7) is 4.67. The molecule has 0 aromatic carbocycles. The number of rotatable bonds is 6. The second kappa shape index (κ2) is 8.26. The van der Waals surface area contributed by atoms with E-state index in [2.05, 4.69) is 10.2 Å². The van der Waals surface area contributed by atoms with Crippen LogP contribution >= 0.6 is 0 Å². The zero-order valence-corrected chi connectivity index (χ0v) is 15.8. The van der Waals surface area contributed by atoms with Gasteiger partial charge in [-0.2, -0.15) is 0 Å². The van der Waals surface area contributed by atoms with Crippen LogP contribution in [0, 0.1) is 11.8 Å². The third-order valence-electron chi connectivity index (χ3n) is 6.59. The summed E-state index contributed by atoms with van der Waals surface area (Å²) >= 11 is 0. The molecule has 2 amide bonds. The molecule has 146 valence electrons. The van der Waals surface area contributed by atoms with Crippen molar-refractivity contribution < 1.29 is 14.3 Å². The van der Waals surface area contributed by atoms with Crippen LogP contribution in [0.15, 0.2) is 0 Å². The van der Waals surface area contributed by atoms with Crippen molar-refractivity contribution in [2.75, 3.05) is 39.3 Å². The molecule has 26 heavy (non-hydrogen) atoms. The lowest BCUT2D eigenvalue weighted by atomic mass is 9.95. The minimum atomic E-state index is -0.0305. The summed E-state index contributed by atoms with van der Waals surface area (Å²) in [4.78, 5) is 29.7. The molecule has 0 aromatic rings. The van der Waals surface area contributed by atoms with E-state index in [0.717, 1.165) is 71.3 Å². The van der Waals surface area contributed by atoms with Gasteiger partial charge in [0, 0.05) is 45.2 Å². The number of nitrogens with zero attached hydrogens (tertiary/aromatic N) is 2. The highest BCUT2D eigenvalue weighted by molar-refractivity contribution is 5.83. The van der Waals surface area contributed by atoms with Crippen molar-refractivity contribution in [2.24, 2.45) is 11.8 Å². The van der Waals surface area contributed by atoms with E-state index in [1.807, 2.05) is 4.90 Å². The molecular formula is C20H33N3O3. The van der Waals surface area contributed by atoms with Gasteiger partial charge < -0.3 is 15.0 Å². The average Bonchev–Trinajstić information content (AvgIpc) is 3.14. The Bertz CT molecular complexity index is 502. The Morgan fingerprint density at radius 2 is 1.69 bits per heavy atom. The molecule has 0 spiro atoms. The van der Waals surface area contributed by atoms with Gasteiger partial charge in [-0.3, -0.25) is 14.5 Å². The summed E-state index contributed by atoms with van der Waals surface area (Å²) in [7, 11) is 0. The van der Waals surface area contributed by atoms with Crippen molar-refractivity contribution in [1.29, 1.82) is 0 Å².